The molecule has 3 nitrogen and oxygen atoms in total. The van der Waals surface area contributed by atoms with E-state index in [1.54, 1.807) is 20.0 Å². The molecule has 1 fully saturated rings. The van der Waals surface area contributed by atoms with Gasteiger partial charge in [0.25, 0.3) is 0 Å². The Bertz CT molecular complexity index is 467. The predicted octanol–water partition coefficient (Wildman–Crippen LogP) is 4.15. The Morgan fingerprint density at radius 2 is 1.90 bits per heavy atom. The molecule has 1 N–H and O–H groups in total. The van der Waals surface area contributed by atoms with Gasteiger partial charge in [0.15, 0.2) is 0 Å². The molecular weight excluding hydrogens is 262 g/mol. The first-order valence-corrected chi connectivity index (χ1v) is 8.13. The molecule has 0 spiro atoms. The number of hydrogen-bond acceptors (Lipinski definition) is 3. The lowest BCUT2D eigenvalue weighted by molar-refractivity contribution is 0.0688. The molecule has 0 saturated heterocycles. The minimum atomic E-state index is -0.930. The van der Waals surface area contributed by atoms with Crippen molar-refractivity contribution in [3.8, 4) is 5.88 Å². The minimum Gasteiger partial charge on any atom is -0.474 e. The van der Waals surface area contributed by atoms with E-state index >= 15 is 0 Å². The van der Waals surface area contributed by atoms with Gasteiger partial charge in [-0.15, -0.1) is 0 Å². The summed E-state index contributed by atoms with van der Waals surface area (Å²) < 4.78 is 6.19. The SMILES string of the molecule is CC1CCC(Oc2ncccc2C(C)(C)O)CC(C)C1C. The van der Waals surface area contributed by atoms with Gasteiger partial charge in [0.2, 0.25) is 5.88 Å². The number of hydrogen-bond donors (Lipinski definition) is 1. The summed E-state index contributed by atoms with van der Waals surface area (Å²) in [6.45, 7) is 10.6. The molecule has 0 amide bonds. The standard InChI is InChI=1S/C18H29NO2/c1-12-8-9-15(11-13(2)14(12)3)21-17-16(18(4,5)20)7-6-10-19-17/h6-7,10,12-15,20H,8-9,11H2,1-5H3. The Morgan fingerprint density at radius 1 is 1.19 bits per heavy atom. The van der Waals surface area contributed by atoms with Gasteiger partial charge in [0.05, 0.1) is 5.60 Å². The van der Waals surface area contributed by atoms with Gasteiger partial charge in [-0.2, -0.15) is 0 Å². The molecular formula is C18H29NO2. The van der Waals surface area contributed by atoms with Crippen molar-refractivity contribution in [2.24, 2.45) is 17.8 Å². The fraction of sp³-hybridized carbons (Fsp3) is 0.722. The lowest BCUT2D eigenvalue weighted by atomic mass is 9.84. The third-order valence-corrected chi connectivity index (χ3v) is 5.08. The summed E-state index contributed by atoms with van der Waals surface area (Å²) in [6.07, 6.45) is 5.26. The predicted molar refractivity (Wildman–Crippen MR) is 85.2 cm³/mol. The Balaban J connectivity index is 2.15. The fourth-order valence-electron chi connectivity index (χ4n) is 3.23. The summed E-state index contributed by atoms with van der Waals surface area (Å²) in [5.41, 5.74) is -0.163. The van der Waals surface area contributed by atoms with Crippen LogP contribution in [0, 0.1) is 17.8 Å². The van der Waals surface area contributed by atoms with Gasteiger partial charge in [-0.3, -0.25) is 0 Å². The van der Waals surface area contributed by atoms with Gasteiger partial charge >= 0.3 is 0 Å². The lowest BCUT2D eigenvalue weighted by Gasteiger charge is -2.25. The van der Waals surface area contributed by atoms with Crippen molar-refractivity contribution in [3.63, 3.8) is 0 Å². The Hall–Kier alpha value is -1.09. The van der Waals surface area contributed by atoms with Crippen molar-refractivity contribution in [2.75, 3.05) is 0 Å². The van der Waals surface area contributed by atoms with Crippen LogP contribution >= 0.6 is 0 Å². The zero-order valence-electron chi connectivity index (χ0n) is 14.0. The van der Waals surface area contributed by atoms with Crippen LogP contribution in [0.2, 0.25) is 0 Å². The maximum atomic E-state index is 10.3. The van der Waals surface area contributed by atoms with Crippen LogP contribution in [-0.2, 0) is 5.60 Å². The third kappa shape index (κ3) is 3.97. The first kappa shape index (κ1) is 16.3. The van der Waals surface area contributed by atoms with Gasteiger partial charge in [-0.1, -0.05) is 20.8 Å². The molecule has 4 unspecified atom stereocenters. The van der Waals surface area contributed by atoms with Crippen LogP contribution in [0.1, 0.15) is 59.4 Å². The molecule has 1 aromatic heterocycles. The van der Waals surface area contributed by atoms with E-state index < -0.39 is 5.60 Å². The van der Waals surface area contributed by atoms with E-state index in [-0.39, 0.29) is 6.10 Å². The first-order valence-electron chi connectivity index (χ1n) is 8.13. The molecule has 1 aromatic rings. The van der Waals surface area contributed by atoms with Crippen molar-refractivity contribution in [1.29, 1.82) is 0 Å². The second kappa shape index (κ2) is 6.35. The molecule has 1 saturated carbocycles. The highest BCUT2D eigenvalue weighted by molar-refractivity contribution is 5.30. The Kier molecular flexibility index (Phi) is 4.92. The fourth-order valence-corrected chi connectivity index (χ4v) is 3.23. The van der Waals surface area contributed by atoms with Gasteiger partial charge in [-0.05, 0) is 63.0 Å². The van der Waals surface area contributed by atoms with Gasteiger partial charge < -0.3 is 9.84 Å². The number of aromatic nitrogens is 1. The Morgan fingerprint density at radius 3 is 2.57 bits per heavy atom. The maximum Gasteiger partial charge on any atom is 0.219 e. The second-order valence-corrected chi connectivity index (χ2v) is 7.28. The van der Waals surface area contributed by atoms with Crippen molar-refractivity contribution < 1.29 is 9.84 Å². The highest BCUT2D eigenvalue weighted by Gasteiger charge is 2.30. The molecule has 0 aliphatic heterocycles. The zero-order chi connectivity index (χ0) is 15.6. The molecule has 4 atom stereocenters. The Labute approximate surface area is 128 Å². The molecule has 0 radical (unpaired) electrons. The van der Waals surface area contributed by atoms with Gasteiger partial charge in [0, 0.05) is 11.8 Å². The van der Waals surface area contributed by atoms with Gasteiger partial charge in [-0.25, -0.2) is 4.98 Å². The quantitative estimate of drug-likeness (QED) is 0.851. The van der Waals surface area contributed by atoms with Crippen LogP contribution in [0.25, 0.3) is 0 Å². The van der Waals surface area contributed by atoms with E-state index in [0.717, 1.165) is 30.2 Å². The summed E-state index contributed by atoms with van der Waals surface area (Å²) in [5.74, 6) is 2.72. The first-order chi connectivity index (χ1) is 9.79. The average molecular weight is 291 g/mol. The normalized spacial score (nSPS) is 30.8. The maximum absolute atomic E-state index is 10.3. The van der Waals surface area contributed by atoms with Crippen LogP contribution in [0.4, 0.5) is 0 Å². The second-order valence-electron chi connectivity index (χ2n) is 7.28. The number of aliphatic hydroxyl groups is 1. The summed E-state index contributed by atoms with van der Waals surface area (Å²) in [4.78, 5) is 4.35. The molecule has 0 aromatic carbocycles. The highest BCUT2D eigenvalue weighted by atomic mass is 16.5. The molecule has 1 heterocycles. The lowest BCUT2D eigenvalue weighted by Crippen LogP contribution is -2.23. The summed E-state index contributed by atoms with van der Waals surface area (Å²) in [7, 11) is 0. The molecule has 2 rings (SSSR count). The van der Waals surface area contributed by atoms with Crippen molar-refractivity contribution in [3.05, 3.63) is 23.9 Å². The molecule has 3 heteroatoms. The van der Waals surface area contributed by atoms with E-state index in [9.17, 15) is 5.11 Å². The minimum absolute atomic E-state index is 0.198. The van der Waals surface area contributed by atoms with Crippen LogP contribution in [0.5, 0.6) is 5.88 Å². The third-order valence-electron chi connectivity index (χ3n) is 5.08. The molecule has 1 aliphatic carbocycles. The van der Waals surface area contributed by atoms with Crippen molar-refractivity contribution >= 4 is 0 Å². The van der Waals surface area contributed by atoms with Crippen molar-refractivity contribution in [2.45, 2.75) is 65.6 Å². The van der Waals surface area contributed by atoms with Crippen molar-refractivity contribution in [1.82, 2.24) is 4.98 Å². The number of pyridine rings is 1. The zero-order valence-corrected chi connectivity index (χ0v) is 14.0. The van der Waals surface area contributed by atoms with Crippen LogP contribution in [0.3, 0.4) is 0 Å². The van der Waals surface area contributed by atoms with E-state index in [4.69, 9.17) is 4.74 Å². The smallest absolute Gasteiger partial charge is 0.219 e. The van der Waals surface area contributed by atoms with Crippen LogP contribution < -0.4 is 4.74 Å². The monoisotopic (exact) mass is 291 g/mol. The van der Waals surface area contributed by atoms with Gasteiger partial charge in [0.1, 0.15) is 6.10 Å². The molecule has 21 heavy (non-hydrogen) atoms. The number of nitrogens with zero attached hydrogens (tertiary/aromatic N) is 1. The summed E-state index contributed by atoms with van der Waals surface area (Å²) in [5, 5.41) is 10.3. The topological polar surface area (TPSA) is 42.4 Å². The van der Waals surface area contributed by atoms with E-state index in [2.05, 4.69) is 25.8 Å². The van der Waals surface area contributed by atoms with E-state index in [1.807, 2.05) is 12.1 Å². The molecule has 1 aliphatic rings. The molecule has 0 bridgehead atoms. The molecule has 118 valence electrons. The number of ether oxygens (including phenoxy) is 1. The number of rotatable bonds is 3. The summed E-state index contributed by atoms with van der Waals surface area (Å²) in [6, 6.07) is 3.74. The van der Waals surface area contributed by atoms with E-state index in [0.29, 0.717) is 11.8 Å². The van der Waals surface area contributed by atoms with E-state index in [1.165, 1.54) is 6.42 Å². The average Bonchev–Trinajstić information content (AvgIpc) is 2.53. The highest BCUT2D eigenvalue weighted by Crippen LogP contribution is 2.35. The van der Waals surface area contributed by atoms with Crippen LogP contribution in [-0.4, -0.2) is 16.2 Å². The summed E-state index contributed by atoms with van der Waals surface area (Å²) >= 11 is 0. The van der Waals surface area contributed by atoms with Crippen LogP contribution in [0.15, 0.2) is 18.3 Å². The largest absolute Gasteiger partial charge is 0.474 e.